The van der Waals surface area contributed by atoms with Crippen molar-refractivity contribution < 1.29 is 14.5 Å². The molecule has 2 amide bonds. The van der Waals surface area contributed by atoms with Gasteiger partial charge in [0.1, 0.15) is 0 Å². The van der Waals surface area contributed by atoms with E-state index in [1.807, 2.05) is 6.92 Å². The molecule has 1 fully saturated rings. The molecule has 24 heavy (non-hydrogen) atoms. The topological polar surface area (TPSA) is 119 Å². The van der Waals surface area contributed by atoms with Gasteiger partial charge in [0.15, 0.2) is 0 Å². The third-order valence-electron chi connectivity index (χ3n) is 3.61. The van der Waals surface area contributed by atoms with E-state index in [4.69, 9.17) is 5.73 Å². The number of nitro groups is 1. The first-order chi connectivity index (χ1) is 10.9. The number of halogens is 1. The fourth-order valence-corrected chi connectivity index (χ4v) is 3.26. The highest BCUT2D eigenvalue weighted by Gasteiger charge is 2.24. The Morgan fingerprint density at radius 3 is 2.79 bits per heavy atom. The normalized spacial score (nSPS) is 17.0. The van der Waals surface area contributed by atoms with Crippen LogP contribution in [-0.2, 0) is 4.79 Å². The lowest BCUT2D eigenvalue weighted by Crippen LogP contribution is -2.52. The lowest BCUT2D eigenvalue weighted by molar-refractivity contribution is -0.387. The van der Waals surface area contributed by atoms with Crippen LogP contribution in [0.3, 0.4) is 0 Å². The van der Waals surface area contributed by atoms with Gasteiger partial charge in [0, 0.05) is 37.3 Å². The van der Waals surface area contributed by atoms with E-state index in [1.165, 1.54) is 12.1 Å². The van der Waals surface area contributed by atoms with Crippen molar-refractivity contribution in [3.05, 3.63) is 33.9 Å². The van der Waals surface area contributed by atoms with Crippen LogP contribution >= 0.6 is 24.2 Å². The fraction of sp³-hybridized carbons (Fsp3) is 0.429. The smallest absolute Gasteiger partial charge is 0.283 e. The zero-order valence-corrected chi connectivity index (χ0v) is 14.7. The first kappa shape index (κ1) is 20.2. The summed E-state index contributed by atoms with van der Waals surface area (Å²) in [5, 5.41) is 14.3. The quantitative estimate of drug-likeness (QED) is 0.451. The van der Waals surface area contributed by atoms with Crippen molar-refractivity contribution in [2.24, 2.45) is 5.73 Å². The Bertz CT molecular complexity index is 643. The summed E-state index contributed by atoms with van der Waals surface area (Å²) >= 11 is 1.09. The maximum absolute atomic E-state index is 12.3. The number of nitrogens with zero attached hydrogens (tertiary/aromatic N) is 2. The van der Waals surface area contributed by atoms with E-state index in [9.17, 15) is 19.7 Å². The molecule has 0 bridgehead atoms. The van der Waals surface area contributed by atoms with Crippen molar-refractivity contribution in [3.8, 4) is 0 Å². The van der Waals surface area contributed by atoms with Crippen molar-refractivity contribution >= 4 is 41.7 Å². The molecule has 0 aliphatic carbocycles. The molecule has 1 aromatic rings. The number of amides is 2. The molecule has 0 saturated carbocycles. The highest BCUT2D eigenvalue weighted by molar-refractivity contribution is 8.00. The van der Waals surface area contributed by atoms with E-state index < -0.39 is 10.8 Å². The second-order valence-electron chi connectivity index (χ2n) is 5.23. The molecule has 0 aromatic heterocycles. The van der Waals surface area contributed by atoms with Gasteiger partial charge in [-0.25, -0.2) is 0 Å². The summed E-state index contributed by atoms with van der Waals surface area (Å²) in [5.74, 6) is -0.672. The number of hydrogen-bond acceptors (Lipinski definition) is 6. The Morgan fingerprint density at radius 1 is 1.50 bits per heavy atom. The van der Waals surface area contributed by atoms with Crippen LogP contribution in [0.5, 0.6) is 0 Å². The number of carbonyl (C=O) groups is 2. The largest absolute Gasteiger partial charge is 0.366 e. The third-order valence-corrected chi connectivity index (χ3v) is 4.66. The van der Waals surface area contributed by atoms with Crippen molar-refractivity contribution in [3.63, 3.8) is 0 Å². The highest BCUT2D eigenvalue weighted by Crippen LogP contribution is 2.30. The predicted octanol–water partition coefficient (Wildman–Crippen LogP) is 1.03. The molecule has 8 nitrogen and oxygen atoms in total. The summed E-state index contributed by atoms with van der Waals surface area (Å²) in [6.45, 7) is 4.07. The van der Waals surface area contributed by atoms with Crippen LogP contribution in [0.1, 0.15) is 17.3 Å². The monoisotopic (exact) mass is 374 g/mol. The molecule has 1 aliphatic heterocycles. The van der Waals surface area contributed by atoms with Crippen LogP contribution < -0.4 is 11.1 Å². The molecule has 1 aliphatic rings. The molecule has 1 saturated heterocycles. The zero-order valence-electron chi connectivity index (χ0n) is 13.1. The van der Waals surface area contributed by atoms with Gasteiger partial charge in [-0.15, -0.1) is 24.2 Å². The Balaban J connectivity index is 0.00000288. The van der Waals surface area contributed by atoms with Gasteiger partial charge in [-0.2, -0.15) is 0 Å². The number of hydrogen-bond donors (Lipinski definition) is 2. The first-order valence-electron chi connectivity index (χ1n) is 7.11. The Morgan fingerprint density at radius 2 is 2.21 bits per heavy atom. The number of nitrogens with two attached hydrogens (primary N) is 1. The van der Waals surface area contributed by atoms with Gasteiger partial charge in [0.05, 0.1) is 15.6 Å². The predicted molar refractivity (Wildman–Crippen MR) is 93.6 cm³/mol. The molecule has 1 aromatic carbocycles. The van der Waals surface area contributed by atoms with Crippen LogP contribution in [0.4, 0.5) is 5.69 Å². The maximum atomic E-state index is 12.3. The highest BCUT2D eigenvalue weighted by atomic mass is 35.5. The summed E-state index contributed by atoms with van der Waals surface area (Å²) < 4.78 is 0. The van der Waals surface area contributed by atoms with Gasteiger partial charge >= 0.3 is 0 Å². The Kier molecular flexibility index (Phi) is 7.46. The number of nitrogens with one attached hydrogen (secondary N) is 1. The van der Waals surface area contributed by atoms with E-state index >= 15 is 0 Å². The number of nitro benzene ring substituents is 1. The molecule has 1 atom stereocenters. The van der Waals surface area contributed by atoms with Gasteiger partial charge in [-0.3, -0.25) is 19.7 Å². The van der Waals surface area contributed by atoms with Gasteiger partial charge < -0.3 is 16.0 Å². The molecule has 132 valence electrons. The number of primary amides is 1. The van der Waals surface area contributed by atoms with E-state index in [0.717, 1.165) is 30.9 Å². The maximum Gasteiger partial charge on any atom is 0.283 e. The summed E-state index contributed by atoms with van der Waals surface area (Å²) in [7, 11) is 0. The van der Waals surface area contributed by atoms with Gasteiger partial charge in [-0.1, -0.05) is 0 Å². The zero-order chi connectivity index (χ0) is 17.0. The number of thioether (sulfide) groups is 1. The second-order valence-corrected chi connectivity index (χ2v) is 6.25. The van der Waals surface area contributed by atoms with Crippen LogP contribution in [0.2, 0.25) is 0 Å². The molecule has 2 rings (SSSR count). The molecule has 10 heteroatoms. The standard InChI is InChI=1S/C14H18N4O4S.ClH/c1-9-7-16-4-5-17(9)13(19)8-23-12-3-2-10(14(15)20)6-11(12)18(21)22;/h2-3,6,9,16H,4-5,7-8H2,1H3,(H2,15,20);1H/t9-;/m1./s1. The van der Waals surface area contributed by atoms with Gasteiger partial charge in [-0.05, 0) is 19.1 Å². The average molecular weight is 375 g/mol. The minimum Gasteiger partial charge on any atom is -0.366 e. The minimum atomic E-state index is -0.727. The number of benzene rings is 1. The van der Waals surface area contributed by atoms with Crippen LogP contribution in [0.25, 0.3) is 0 Å². The lowest BCUT2D eigenvalue weighted by atomic mass is 10.2. The SMILES string of the molecule is C[C@@H]1CNCCN1C(=O)CSc1ccc(C(N)=O)cc1[N+](=O)[O-].Cl. The number of carbonyl (C=O) groups excluding carboxylic acids is 2. The summed E-state index contributed by atoms with van der Waals surface area (Å²) in [4.78, 5) is 36.1. The van der Waals surface area contributed by atoms with Crippen LogP contribution in [0, 0.1) is 10.1 Å². The van der Waals surface area contributed by atoms with Crippen LogP contribution in [-0.4, -0.2) is 53.1 Å². The van der Waals surface area contributed by atoms with E-state index in [2.05, 4.69) is 5.32 Å². The molecule has 0 radical (unpaired) electrons. The minimum absolute atomic E-state index is 0. The number of rotatable bonds is 5. The summed E-state index contributed by atoms with van der Waals surface area (Å²) in [5.41, 5.74) is 4.99. The molecule has 0 unspecified atom stereocenters. The van der Waals surface area contributed by atoms with E-state index in [0.29, 0.717) is 11.4 Å². The average Bonchev–Trinajstić information content (AvgIpc) is 2.52. The van der Waals surface area contributed by atoms with Crippen molar-refractivity contribution in [2.75, 3.05) is 25.4 Å². The van der Waals surface area contributed by atoms with Gasteiger partial charge in [0.2, 0.25) is 11.8 Å². The molecular formula is C14H19ClN4O4S. The van der Waals surface area contributed by atoms with Crippen LogP contribution in [0.15, 0.2) is 23.1 Å². The first-order valence-corrected chi connectivity index (χ1v) is 8.10. The third kappa shape index (κ3) is 4.83. The Hall–Kier alpha value is -1.84. The van der Waals surface area contributed by atoms with E-state index in [1.54, 1.807) is 4.90 Å². The molecule has 0 spiro atoms. The van der Waals surface area contributed by atoms with Gasteiger partial charge in [0.25, 0.3) is 5.69 Å². The number of piperazine rings is 1. The molecule has 3 N–H and O–H groups in total. The second kappa shape index (κ2) is 8.86. The summed E-state index contributed by atoms with van der Waals surface area (Å²) in [6.07, 6.45) is 0. The van der Waals surface area contributed by atoms with Crippen molar-refractivity contribution in [1.82, 2.24) is 10.2 Å². The molecular weight excluding hydrogens is 356 g/mol. The van der Waals surface area contributed by atoms with Crippen molar-refractivity contribution in [2.45, 2.75) is 17.9 Å². The van der Waals surface area contributed by atoms with Crippen molar-refractivity contribution in [1.29, 1.82) is 0 Å². The lowest BCUT2D eigenvalue weighted by Gasteiger charge is -2.33. The Labute approximate surface area is 149 Å². The summed E-state index contributed by atoms with van der Waals surface area (Å²) in [6, 6.07) is 4.12. The molecule has 1 heterocycles. The van der Waals surface area contributed by atoms with E-state index in [-0.39, 0.29) is 41.4 Å². The fourth-order valence-electron chi connectivity index (χ4n) is 2.37.